The SMILES string of the molecule is COC(=O)[C@H]1N[C@H]2c3ccccc3N(S(=O)(=O)c3ccc(C)cc3)C[C@]2(C(=O)OC)[C@H]1c1ccccc1Cl. The van der Waals surface area contributed by atoms with Gasteiger partial charge in [0.05, 0.1) is 37.4 Å². The molecular weight excluding hydrogens is 528 g/mol. The summed E-state index contributed by atoms with van der Waals surface area (Å²) in [4.78, 5) is 27.1. The molecule has 2 aliphatic heterocycles. The number of nitrogens with zero attached hydrogens (tertiary/aromatic N) is 1. The van der Waals surface area contributed by atoms with E-state index in [9.17, 15) is 18.0 Å². The van der Waals surface area contributed by atoms with Crippen molar-refractivity contribution in [1.29, 1.82) is 0 Å². The summed E-state index contributed by atoms with van der Waals surface area (Å²) in [6.45, 7) is 1.59. The molecule has 0 amide bonds. The summed E-state index contributed by atoms with van der Waals surface area (Å²) in [6, 6.07) is 18.6. The maximum Gasteiger partial charge on any atom is 0.323 e. The zero-order chi connectivity index (χ0) is 27.2. The molecule has 1 saturated heterocycles. The number of hydrogen-bond donors (Lipinski definition) is 1. The minimum Gasteiger partial charge on any atom is -0.468 e. The molecule has 3 aromatic carbocycles. The van der Waals surface area contributed by atoms with Crippen LogP contribution in [0.3, 0.4) is 0 Å². The van der Waals surface area contributed by atoms with E-state index in [-0.39, 0.29) is 11.4 Å². The van der Waals surface area contributed by atoms with Crippen LogP contribution >= 0.6 is 11.6 Å². The Balaban J connectivity index is 1.80. The number of aryl methyl sites for hydroxylation is 1. The molecule has 4 atom stereocenters. The topological polar surface area (TPSA) is 102 Å². The second-order valence-corrected chi connectivity index (χ2v) is 11.8. The first-order valence-corrected chi connectivity index (χ1v) is 13.8. The van der Waals surface area contributed by atoms with Gasteiger partial charge in [-0.3, -0.25) is 19.2 Å². The smallest absolute Gasteiger partial charge is 0.323 e. The van der Waals surface area contributed by atoms with Crippen LogP contribution in [0.2, 0.25) is 5.02 Å². The number of methoxy groups -OCH3 is 2. The Morgan fingerprint density at radius 2 is 1.58 bits per heavy atom. The minimum absolute atomic E-state index is 0.0844. The zero-order valence-electron chi connectivity index (χ0n) is 21.1. The summed E-state index contributed by atoms with van der Waals surface area (Å²) in [7, 11) is -1.60. The van der Waals surface area contributed by atoms with Crippen LogP contribution in [0.15, 0.2) is 77.7 Å². The predicted octanol–water partition coefficient (Wildman–Crippen LogP) is 3.99. The number of halogens is 1. The lowest BCUT2D eigenvalue weighted by Gasteiger charge is -2.46. The van der Waals surface area contributed by atoms with Crippen molar-refractivity contribution in [2.45, 2.75) is 29.8 Å². The van der Waals surface area contributed by atoms with Crippen molar-refractivity contribution in [2.24, 2.45) is 5.41 Å². The van der Waals surface area contributed by atoms with Crippen molar-refractivity contribution in [3.05, 3.63) is 94.5 Å². The van der Waals surface area contributed by atoms with Gasteiger partial charge in [-0.25, -0.2) is 8.42 Å². The second kappa shape index (κ2) is 9.72. The highest BCUT2D eigenvalue weighted by atomic mass is 35.5. The van der Waals surface area contributed by atoms with Crippen LogP contribution in [0.4, 0.5) is 5.69 Å². The van der Waals surface area contributed by atoms with E-state index < -0.39 is 45.4 Å². The van der Waals surface area contributed by atoms with Crippen molar-refractivity contribution in [3.63, 3.8) is 0 Å². The Hall–Kier alpha value is -3.40. The molecule has 38 heavy (non-hydrogen) atoms. The van der Waals surface area contributed by atoms with Crippen LogP contribution in [-0.2, 0) is 29.1 Å². The standard InChI is InChI=1S/C28H27ClN2O6S/c1-17-12-14-18(15-13-17)38(34,35)31-16-28(27(33)37-3)23(19-8-4-6-10-21(19)29)24(26(32)36-2)30-25(28)20-9-5-7-11-22(20)31/h4-15,23-25,30H,16H2,1-3H3/t23-,24-,25-,28-/m0/s1. The van der Waals surface area contributed by atoms with Gasteiger partial charge in [-0.1, -0.05) is 65.7 Å². The lowest BCUT2D eigenvalue weighted by atomic mass is 9.65. The number of rotatable bonds is 5. The number of carbonyl (C=O) groups excluding carboxylic acids is 2. The molecule has 0 aromatic heterocycles. The van der Waals surface area contributed by atoms with Crippen LogP contribution in [0.5, 0.6) is 0 Å². The van der Waals surface area contributed by atoms with Crippen LogP contribution in [0.25, 0.3) is 0 Å². The molecule has 198 valence electrons. The Bertz CT molecular complexity index is 1510. The maximum absolute atomic E-state index is 14.1. The highest BCUT2D eigenvalue weighted by molar-refractivity contribution is 7.92. The Labute approximate surface area is 226 Å². The number of sulfonamides is 1. The van der Waals surface area contributed by atoms with E-state index in [0.717, 1.165) is 5.56 Å². The van der Waals surface area contributed by atoms with E-state index in [1.54, 1.807) is 72.8 Å². The van der Waals surface area contributed by atoms with Gasteiger partial charge in [-0.15, -0.1) is 0 Å². The number of para-hydroxylation sites is 1. The number of anilines is 1. The highest BCUT2D eigenvalue weighted by Crippen LogP contribution is 2.59. The number of fused-ring (bicyclic) bond motifs is 3. The first kappa shape index (κ1) is 26.2. The molecule has 1 fully saturated rings. The van der Waals surface area contributed by atoms with Gasteiger partial charge in [0.2, 0.25) is 0 Å². The lowest BCUT2D eigenvalue weighted by molar-refractivity contribution is -0.154. The fourth-order valence-corrected chi connectivity index (χ4v) is 7.60. The third-order valence-electron chi connectivity index (χ3n) is 7.54. The fraction of sp³-hybridized carbons (Fsp3) is 0.286. The quantitative estimate of drug-likeness (QED) is 0.476. The van der Waals surface area contributed by atoms with Gasteiger partial charge in [-0.2, -0.15) is 0 Å². The van der Waals surface area contributed by atoms with Crippen LogP contribution < -0.4 is 9.62 Å². The van der Waals surface area contributed by atoms with Gasteiger partial charge in [-0.05, 0) is 42.3 Å². The van der Waals surface area contributed by atoms with Crippen molar-refractivity contribution >= 4 is 39.3 Å². The molecule has 10 heteroatoms. The Kier molecular flexibility index (Phi) is 6.71. The zero-order valence-corrected chi connectivity index (χ0v) is 22.6. The molecule has 0 saturated carbocycles. The minimum atomic E-state index is -4.12. The Morgan fingerprint density at radius 1 is 0.947 bits per heavy atom. The van der Waals surface area contributed by atoms with E-state index in [1.165, 1.54) is 18.5 Å². The number of esters is 2. The normalized spacial score (nSPS) is 24.3. The average molecular weight is 555 g/mol. The van der Waals surface area contributed by atoms with Gasteiger partial charge in [0.1, 0.15) is 11.5 Å². The molecule has 0 spiro atoms. The molecule has 0 unspecified atom stereocenters. The van der Waals surface area contributed by atoms with E-state index in [0.29, 0.717) is 21.8 Å². The van der Waals surface area contributed by atoms with Gasteiger partial charge in [0.25, 0.3) is 10.0 Å². The van der Waals surface area contributed by atoms with Crippen LogP contribution in [-0.4, -0.2) is 47.2 Å². The van der Waals surface area contributed by atoms with E-state index >= 15 is 0 Å². The second-order valence-electron chi connectivity index (χ2n) is 9.52. The monoisotopic (exact) mass is 554 g/mol. The van der Waals surface area contributed by atoms with Crippen LogP contribution in [0, 0.1) is 12.3 Å². The molecule has 0 radical (unpaired) electrons. The Morgan fingerprint density at radius 3 is 2.21 bits per heavy atom. The summed E-state index contributed by atoms with van der Waals surface area (Å²) >= 11 is 6.63. The summed E-state index contributed by atoms with van der Waals surface area (Å²) in [6.07, 6.45) is 0. The first-order valence-electron chi connectivity index (χ1n) is 12.0. The summed E-state index contributed by atoms with van der Waals surface area (Å²) in [5, 5.41) is 3.63. The largest absolute Gasteiger partial charge is 0.468 e. The molecule has 1 N–H and O–H groups in total. The third kappa shape index (κ3) is 3.88. The third-order valence-corrected chi connectivity index (χ3v) is 9.66. The molecular formula is C28H27ClN2O6S. The number of hydrogen-bond acceptors (Lipinski definition) is 7. The molecule has 5 rings (SSSR count). The molecule has 8 nitrogen and oxygen atoms in total. The van der Waals surface area contributed by atoms with Crippen molar-refractivity contribution < 1.29 is 27.5 Å². The average Bonchev–Trinajstić information content (AvgIpc) is 3.28. The number of nitrogens with one attached hydrogen (secondary N) is 1. The van der Waals surface area contributed by atoms with E-state index in [1.807, 2.05) is 6.92 Å². The molecule has 0 bridgehead atoms. The lowest BCUT2D eigenvalue weighted by Crippen LogP contribution is -2.54. The molecule has 3 aromatic rings. The van der Waals surface area contributed by atoms with Crippen molar-refractivity contribution in [1.82, 2.24) is 5.32 Å². The van der Waals surface area contributed by atoms with Gasteiger partial charge < -0.3 is 9.47 Å². The predicted molar refractivity (Wildman–Crippen MR) is 142 cm³/mol. The van der Waals surface area contributed by atoms with Crippen LogP contribution in [0.1, 0.15) is 28.7 Å². The summed E-state index contributed by atoms with van der Waals surface area (Å²) in [5.41, 5.74) is 0.827. The highest BCUT2D eigenvalue weighted by Gasteiger charge is 2.67. The van der Waals surface area contributed by atoms with Crippen molar-refractivity contribution in [2.75, 3.05) is 25.1 Å². The van der Waals surface area contributed by atoms with E-state index in [4.69, 9.17) is 21.1 Å². The molecule has 2 aliphatic rings. The summed E-state index contributed by atoms with van der Waals surface area (Å²) < 4.78 is 40.0. The maximum atomic E-state index is 14.1. The fourth-order valence-electron chi connectivity index (χ4n) is 5.81. The van der Waals surface area contributed by atoms with Gasteiger partial charge in [0, 0.05) is 10.9 Å². The first-order chi connectivity index (χ1) is 18.2. The van der Waals surface area contributed by atoms with Gasteiger partial charge in [0.15, 0.2) is 0 Å². The molecule has 2 heterocycles. The number of ether oxygens (including phenoxy) is 2. The molecule has 0 aliphatic carbocycles. The summed E-state index contributed by atoms with van der Waals surface area (Å²) in [5.74, 6) is -2.16. The van der Waals surface area contributed by atoms with Crippen molar-refractivity contribution in [3.8, 4) is 0 Å². The number of benzene rings is 3. The van der Waals surface area contributed by atoms with E-state index in [2.05, 4.69) is 5.32 Å². The number of carbonyl (C=O) groups is 2. The van der Waals surface area contributed by atoms with Gasteiger partial charge >= 0.3 is 11.9 Å².